The first-order valence-corrected chi connectivity index (χ1v) is 8.32. The number of benzene rings is 1. The summed E-state index contributed by atoms with van der Waals surface area (Å²) in [6, 6.07) is 7.12. The molecule has 0 aliphatic heterocycles. The van der Waals surface area contributed by atoms with Gasteiger partial charge in [0.05, 0.1) is 0 Å². The van der Waals surface area contributed by atoms with Crippen LogP contribution in [-0.4, -0.2) is 12.2 Å². The quantitative estimate of drug-likeness (QED) is 0.810. The third-order valence-corrected chi connectivity index (χ3v) is 5.07. The van der Waals surface area contributed by atoms with Gasteiger partial charge in [0.2, 0.25) is 0 Å². The summed E-state index contributed by atoms with van der Waals surface area (Å²) in [4.78, 5) is 12.0. The van der Waals surface area contributed by atoms with E-state index in [1.54, 1.807) is 12.1 Å². The molecule has 1 amide bonds. The average Bonchev–Trinajstić information content (AvgIpc) is 2.47. The van der Waals surface area contributed by atoms with E-state index in [0.717, 1.165) is 24.7 Å². The van der Waals surface area contributed by atoms with Gasteiger partial charge in [-0.3, -0.25) is 5.32 Å². The van der Waals surface area contributed by atoms with Crippen LogP contribution < -0.4 is 5.32 Å². The number of amides is 1. The van der Waals surface area contributed by atoms with Gasteiger partial charge in [-0.2, -0.15) is 0 Å². The van der Waals surface area contributed by atoms with Crippen molar-refractivity contribution in [1.82, 2.24) is 0 Å². The molecule has 0 spiro atoms. The minimum absolute atomic E-state index is 0.0727. The lowest BCUT2D eigenvalue weighted by Crippen LogP contribution is -2.33. The minimum Gasteiger partial charge on any atom is -0.446 e. The molecule has 0 radical (unpaired) electrons. The highest BCUT2D eigenvalue weighted by atomic mass is 35.5. The fourth-order valence-corrected chi connectivity index (χ4v) is 3.99. The van der Waals surface area contributed by atoms with Gasteiger partial charge in [0.25, 0.3) is 0 Å². The molecule has 0 bridgehead atoms. The van der Waals surface area contributed by atoms with Crippen LogP contribution in [0.4, 0.5) is 10.5 Å². The number of nitrogens with one attached hydrogen (secondary N) is 1. The van der Waals surface area contributed by atoms with Crippen LogP contribution in [0.3, 0.4) is 0 Å². The lowest BCUT2D eigenvalue weighted by Gasteiger charge is -2.38. The normalized spacial score (nSPS) is 28.5. The smallest absolute Gasteiger partial charge is 0.411 e. The van der Waals surface area contributed by atoms with Gasteiger partial charge in [0.15, 0.2) is 0 Å². The fourth-order valence-electron chi connectivity index (χ4n) is 3.80. The maximum Gasteiger partial charge on any atom is 0.411 e. The van der Waals surface area contributed by atoms with Crippen molar-refractivity contribution in [2.24, 2.45) is 11.8 Å². The Kier molecular flexibility index (Phi) is 4.69. The summed E-state index contributed by atoms with van der Waals surface area (Å²) in [5.74, 6) is 1.63. The maximum atomic E-state index is 12.0. The molecule has 21 heavy (non-hydrogen) atoms. The van der Waals surface area contributed by atoms with Crippen LogP contribution in [0.1, 0.15) is 44.9 Å². The molecule has 0 saturated heterocycles. The van der Waals surface area contributed by atoms with Crippen molar-refractivity contribution in [3.05, 3.63) is 29.3 Å². The Morgan fingerprint density at radius 3 is 2.76 bits per heavy atom. The van der Waals surface area contributed by atoms with Crippen LogP contribution in [0.25, 0.3) is 0 Å². The molecule has 2 fully saturated rings. The summed E-state index contributed by atoms with van der Waals surface area (Å²) < 4.78 is 5.59. The van der Waals surface area contributed by atoms with Gasteiger partial charge in [0, 0.05) is 10.7 Å². The number of carbonyl (C=O) groups is 1. The van der Waals surface area contributed by atoms with Gasteiger partial charge >= 0.3 is 6.09 Å². The molecule has 3 rings (SSSR count). The molecule has 114 valence electrons. The van der Waals surface area contributed by atoms with Crippen LogP contribution in [0.15, 0.2) is 24.3 Å². The molecule has 1 N–H and O–H groups in total. The zero-order valence-corrected chi connectivity index (χ0v) is 12.9. The summed E-state index contributed by atoms with van der Waals surface area (Å²) in [6.45, 7) is 0. The van der Waals surface area contributed by atoms with Crippen molar-refractivity contribution in [2.45, 2.75) is 51.0 Å². The van der Waals surface area contributed by atoms with Crippen LogP contribution >= 0.6 is 11.6 Å². The number of halogens is 1. The van der Waals surface area contributed by atoms with E-state index in [4.69, 9.17) is 16.3 Å². The maximum absolute atomic E-state index is 12.0. The molecule has 3 atom stereocenters. The van der Waals surface area contributed by atoms with Crippen molar-refractivity contribution >= 4 is 23.4 Å². The number of rotatable bonds is 2. The van der Waals surface area contributed by atoms with E-state index < -0.39 is 0 Å². The molecular weight excluding hydrogens is 286 g/mol. The first-order chi connectivity index (χ1) is 10.2. The van der Waals surface area contributed by atoms with Gasteiger partial charge in [-0.25, -0.2) is 4.79 Å². The largest absolute Gasteiger partial charge is 0.446 e. The Morgan fingerprint density at radius 1 is 1.14 bits per heavy atom. The second kappa shape index (κ2) is 6.69. The number of hydrogen-bond donors (Lipinski definition) is 1. The highest BCUT2D eigenvalue weighted by molar-refractivity contribution is 6.30. The van der Waals surface area contributed by atoms with E-state index in [2.05, 4.69) is 5.32 Å². The predicted octanol–water partition coefficient (Wildman–Crippen LogP) is 5.25. The number of ether oxygens (including phenoxy) is 1. The van der Waals surface area contributed by atoms with E-state index in [-0.39, 0.29) is 12.2 Å². The van der Waals surface area contributed by atoms with Gasteiger partial charge in [0.1, 0.15) is 6.10 Å². The minimum atomic E-state index is -0.364. The van der Waals surface area contributed by atoms with Gasteiger partial charge in [-0.1, -0.05) is 43.4 Å². The van der Waals surface area contributed by atoms with Crippen molar-refractivity contribution in [3.8, 4) is 0 Å². The van der Waals surface area contributed by atoms with Gasteiger partial charge in [-0.05, 0) is 49.3 Å². The number of hydrogen-bond acceptors (Lipinski definition) is 2. The standard InChI is InChI=1S/C17H22ClNO2/c18-14-6-3-7-15(11-14)19-17(20)21-16-9-8-12-4-1-2-5-13(12)10-16/h3,6-7,11-13,16H,1-2,4-5,8-10H2,(H,19,20)/t12-,13+,16+/m0/s1. The molecule has 2 aliphatic carbocycles. The molecule has 0 heterocycles. The Labute approximate surface area is 131 Å². The van der Waals surface area contributed by atoms with Crippen LogP contribution in [0.5, 0.6) is 0 Å². The number of anilines is 1. The summed E-state index contributed by atoms with van der Waals surface area (Å²) in [7, 11) is 0. The van der Waals surface area contributed by atoms with Gasteiger partial charge < -0.3 is 4.74 Å². The first-order valence-electron chi connectivity index (χ1n) is 7.94. The van der Waals surface area contributed by atoms with E-state index in [1.165, 1.54) is 32.1 Å². The summed E-state index contributed by atoms with van der Waals surface area (Å²) in [5, 5.41) is 3.36. The van der Waals surface area contributed by atoms with E-state index >= 15 is 0 Å². The zero-order valence-electron chi connectivity index (χ0n) is 12.2. The van der Waals surface area contributed by atoms with E-state index in [9.17, 15) is 4.79 Å². The first kappa shape index (κ1) is 14.7. The summed E-state index contributed by atoms with van der Waals surface area (Å²) >= 11 is 5.90. The molecular formula is C17H22ClNO2. The lowest BCUT2D eigenvalue weighted by atomic mass is 9.70. The highest BCUT2D eigenvalue weighted by Crippen LogP contribution is 2.41. The number of carbonyl (C=O) groups excluding carboxylic acids is 1. The summed E-state index contributed by atoms with van der Waals surface area (Å²) in [6.07, 6.45) is 8.34. The van der Waals surface area contributed by atoms with Crippen molar-refractivity contribution in [2.75, 3.05) is 5.32 Å². The SMILES string of the molecule is O=C(Nc1cccc(Cl)c1)O[C@@H]1CC[C@@H]2CCCC[C@@H]2C1. The summed E-state index contributed by atoms with van der Waals surface area (Å²) in [5.41, 5.74) is 0.679. The predicted molar refractivity (Wildman–Crippen MR) is 84.6 cm³/mol. The van der Waals surface area contributed by atoms with Gasteiger partial charge in [-0.15, -0.1) is 0 Å². The lowest BCUT2D eigenvalue weighted by molar-refractivity contribution is 0.0339. The van der Waals surface area contributed by atoms with Crippen LogP contribution in [0, 0.1) is 11.8 Å². The third kappa shape index (κ3) is 3.91. The second-order valence-corrected chi connectivity index (χ2v) is 6.72. The van der Waals surface area contributed by atoms with Crippen LogP contribution in [0.2, 0.25) is 5.02 Å². The molecule has 1 aromatic rings. The molecule has 2 saturated carbocycles. The second-order valence-electron chi connectivity index (χ2n) is 6.28. The molecule has 2 aliphatic rings. The van der Waals surface area contributed by atoms with E-state index in [0.29, 0.717) is 10.7 Å². The highest BCUT2D eigenvalue weighted by Gasteiger charge is 2.33. The molecule has 3 nitrogen and oxygen atoms in total. The molecule has 0 unspecified atom stereocenters. The average molecular weight is 308 g/mol. The molecule has 0 aromatic heterocycles. The fraction of sp³-hybridized carbons (Fsp3) is 0.588. The van der Waals surface area contributed by atoms with Crippen molar-refractivity contribution < 1.29 is 9.53 Å². The Balaban J connectivity index is 1.51. The monoisotopic (exact) mass is 307 g/mol. The Bertz CT molecular complexity index is 505. The zero-order chi connectivity index (χ0) is 14.7. The van der Waals surface area contributed by atoms with Crippen LogP contribution in [-0.2, 0) is 4.74 Å². The topological polar surface area (TPSA) is 38.3 Å². The Morgan fingerprint density at radius 2 is 1.95 bits per heavy atom. The third-order valence-electron chi connectivity index (χ3n) is 4.84. The van der Waals surface area contributed by atoms with Crippen molar-refractivity contribution in [3.63, 3.8) is 0 Å². The van der Waals surface area contributed by atoms with Crippen molar-refractivity contribution in [1.29, 1.82) is 0 Å². The molecule has 4 heteroatoms. The van der Waals surface area contributed by atoms with E-state index in [1.807, 2.05) is 12.1 Å². The Hall–Kier alpha value is -1.22. The molecule has 1 aromatic carbocycles. The number of fused-ring (bicyclic) bond motifs is 1.